The molecule has 0 spiro atoms. The number of carbonyl (C=O) groups excluding carboxylic acids is 1. The Hall–Kier alpha value is -2.90. The zero-order valence-electron chi connectivity index (χ0n) is 15.7. The molecule has 1 aromatic carbocycles. The van der Waals surface area contributed by atoms with Crippen LogP contribution in [0.3, 0.4) is 0 Å². The van der Waals surface area contributed by atoms with Crippen molar-refractivity contribution in [3.8, 4) is 0 Å². The maximum absolute atomic E-state index is 12.9. The topological polar surface area (TPSA) is 78.0 Å². The quantitative estimate of drug-likeness (QED) is 0.697. The number of nitrogens with zero attached hydrogens (tertiary/aromatic N) is 6. The van der Waals surface area contributed by atoms with Gasteiger partial charge in [-0.3, -0.25) is 9.36 Å². The van der Waals surface area contributed by atoms with Crippen LogP contribution in [0.4, 0.5) is 0 Å². The number of para-hydroxylation sites is 2. The lowest BCUT2D eigenvalue weighted by molar-refractivity contribution is -0.133. The second-order valence-corrected chi connectivity index (χ2v) is 7.05. The first kappa shape index (κ1) is 17.5. The summed E-state index contributed by atoms with van der Waals surface area (Å²) in [7, 11) is 1.67. The zero-order valence-corrected chi connectivity index (χ0v) is 15.7. The number of imidazole rings is 1. The van der Waals surface area contributed by atoms with Crippen LogP contribution in [-0.4, -0.2) is 47.8 Å². The summed E-state index contributed by atoms with van der Waals surface area (Å²) in [6.45, 7) is 4.15. The van der Waals surface area contributed by atoms with Crippen LogP contribution in [0.5, 0.6) is 0 Å². The van der Waals surface area contributed by atoms with Gasteiger partial charge in [0.25, 0.3) is 0 Å². The third-order valence-electron chi connectivity index (χ3n) is 5.33. The summed E-state index contributed by atoms with van der Waals surface area (Å²) < 4.78 is 4.99. The van der Waals surface area contributed by atoms with Crippen LogP contribution in [0.2, 0.25) is 0 Å². The van der Waals surface area contributed by atoms with Crippen molar-refractivity contribution in [1.29, 1.82) is 0 Å². The van der Waals surface area contributed by atoms with E-state index in [1.165, 1.54) is 4.68 Å². The van der Waals surface area contributed by atoms with Crippen molar-refractivity contribution in [3.05, 3.63) is 46.9 Å². The van der Waals surface area contributed by atoms with Gasteiger partial charge in [0.15, 0.2) is 0 Å². The van der Waals surface area contributed by atoms with E-state index in [2.05, 4.69) is 10.1 Å². The van der Waals surface area contributed by atoms with Gasteiger partial charge in [-0.05, 0) is 31.9 Å². The van der Waals surface area contributed by atoms with Crippen molar-refractivity contribution in [1.82, 2.24) is 28.8 Å². The summed E-state index contributed by atoms with van der Waals surface area (Å²) in [5.41, 5.74) is 1.76. The molecule has 8 nitrogen and oxygen atoms in total. The molecule has 8 heteroatoms. The van der Waals surface area contributed by atoms with Gasteiger partial charge in [0, 0.05) is 32.6 Å². The van der Waals surface area contributed by atoms with E-state index in [4.69, 9.17) is 0 Å². The van der Waals surface area contributed by atoms with Crippen molar-refractivity contribution in [2.45, 2.75) is 38.8 Å². The fourth-order valence-electron chi connectivity index (χ4n) is 3.92. The Morgan fingerprint density at radius 3 is 2.93 bits per heavy atom. The molecule has 0 aliphatic carbocycles. The van der Waals surface area contributed by atoms with Gasteiger partial charge in [-0.15, -0.1) is 0 Å². The summed E-state index contributed by atoms with van der Waals surface area (Å²) in [5, 5.41) is 4.43. The summed E-state index contributed by atoms with van der Waals surface area (Å²) >= 11 is 0. The lowest BCUT2D eigenvalue weighted by Crippen LogP contribution is -2.41. The van der Waals surface area contributed by atoms with E-state index in [1.807, 2.05) is 40.7 Å². The third-order valence-corrected chi connectivity index (χ3v) is 5.33. The van der Waals surface area contributed by atoms with Gasteiger partial charge in [-0.1, -0.05) is 12.1 Å². The van der Waals surface area contributed by atoms with Crippen molar-refractivity contribution in [2.75, 3.05) is 13.1 Å². The number of aromatic nitrogens is 5. The Balaban J connectivity index is 1.52. The van der Waals surface area contributed by atoms with E-state index in [0.717, 1.165) is 36.2 Å². The molecule has 0 radical (unpaired) electrons. The number of aryl methyl sites for hydroxylation is 1. The number of rotatable bonds is 4. The average molecular weight is 368 g/mol. The van der Waals surface area contributed by atoms with Crippen LogP contribution in [-0.2, 0) is 24.9 Å². The van der Waals surface area contributed by atoms with Gasteiger partial charge in [-0.2, -0.15) is 5.10 Å². The highest BCUT2D eigenvalue weighted by atomic mass is 16.2. The molecule has 1 aliphatic rings. The normalized spacial score (nSPS) is 17.6. The van der Waals surface area contributed by atoms with Gasteiger partial charge in [0.05, 0.1) is 17.4 Å². The second-order valence-electron chi connectivity index (χ2n) is 7.05. The maximum atomic E-state index is 12.9. The molecule has 3 aromatic rings. The minimum Gasteiger partial charge on any atom is -0.340 e. The molecule has 142 valence electrons. The molecule has 1 fully saturated rings. The number of hydrogen-bond donors (Lipinski definition) is 0. The van der Waals surface area contributed by atoms with Crippen molar-refractivity contribution >= 4 is 16.9 Å². The van der Waals surface area contributed by atoms with Gasteiger partial charge < -0.3 is 9.47 Å². The number of carbonyl (C=O) groups is 1. The Bertz CT molecular complexity index is 1030. The smallest absolute Gasteiger partial charge is 0.340 e. The van der Waals surface area contributed by atoms with E-state index in [9.17, 15) is 9.59 Å². The second kappa shape index (κ2) is 7.02. The molecule has 1 atom stereocenters. The molecule has 0 N–H and O–H groups in total. The molecular formula is C19H24N6O2. The Labute approximate surface area is 157 Å². The highest BCUT2D eigenvalue weighted by molar-refractivity contribution is 5.80. The highest BCUT2D eigenvalue weighted by Crippen LogP contribution is 2.25. The predicted octanol–water partition coefficient (Wildman–Crippen LogP) is 1.36. The third kappa shape index (κ3) is 3.15. The molecule has 1 amide bonds. The molecule has 1 aliphatic heterocycles. The van der Waals surface area contributed by atoms with E-state index in [-0.39, 0.29) is 24.1 Å². The molecular weight excluding hydrogens is 344 g/mol. The Kier molecular flexibility index (Phi) is 4.55. The maximum Gasteiger partial charge on any atom is 0.345 e. The van der Waals surface area contributed by atoms with Crippen molar-refractivity contribution < 1.29 is 4.79 Å². The molecule has 4 rings (SSSR count). The first-order valence-corrected chi connectivity index (χ1v) is 9.40. The monoisotopic (exact) mass is 368 g/mol. The number of hydrogen-bond acceptors (Lipinski definition) is 4. The number of likely N-dealkylation sites (tertiary alicyclic amines) is 1. The molecule has 0 bridgehead atoms. The predicted molar refractivity (Wildman–Crippen MR) is 101 cm³/mol. The first-order valence-electron chi connectivity index (χ1n) is 9.40. The van der Waals surface area contributed by atoms with Gasteiger partial charge in [0.1, 0.15) is 12.4 Å². The van der Waals surface area contributed by atoms with E-state index in [0.29, 0.717) is 13.1 Å². The summed E-state index contributed by atoms with van der Waals surface area (Å²) in [6, 6.07) is 7.81. The van der Waals surface area contributed by atoms with Crippen LogP contribution in [0, 0.1) is 0 Å². The largest absolute Gasteiger partial charge is 0.345 e. The Morgan fingerprint density at radius 1 is 1.30 bits per heavy atom. The summed E-state index contributed by atoms with van der Waals surface area (Å²) in [4.78, 5) is 31.3. The number of fused-ring (bicyclic) bond motifs is 1. The van der Waals surface area contributed by atoms with Crippen LogP contribution < -0.4 is 5.69 Å². The molecule has 0 saturated carbocycles. The first-order chi connectivity index (χ1) is 13.1. The minimum atomic E-state index is -0.0964. The number of benzene rings is 1. The molecule has 27 heavy (non-hydrogen) atoms. The van der Waals surface area contributed by atoms with E-state index in [1.54, 1.807) is 17.9 Å². The fourth-order valence-corrected chi connectivity index (χ4v) is 3.92. The van der Waals surface area contributed by atoms with Crippen LogP contribution in [0.15, 0.2) is 35.4 Å². The van der Waals surface area contributed by atoms with Crippen LogP contribution >= 0.6 is 0 Å². The fraction of sp³-hybridized carbons (Fsp3) is 0.474. The van der Waals surface area contributed by atoms with Gasteiger partial charge in [0.2, 0.25) is 5.91 Å². The highest BCUT2D eigenvalue weighted by Gasteiger charge is 2.29. The van der Waals surface area contributed by atoms with Crippen LogP contribution in [0.25, 0.3) is 11.0 Å². The molecule has 1 saturated heterocycles. The minimum absolute atomic E-state index is 0.0733. The zero-order chi connectivity index (χ0) is 19.0. The number of piperidine rings is 1. The molecule has 2 aromatic heterocycles. The standard InChI is InChI=1S/C19H24N6O2/c1-3-25-18(21-22(2)19(25)27)14-7-6-10-23(11-14)17(26)12-24-13-20-15-8-4-5-9-16(15)24/h4-5,8-9,13-14H,3,6-7,10-12H2,1-2H3. The number of amides is 1. The summed E-state index contributed by atoms with van der Waals surface area (Å²) in [5.74, 6) is 0.954. The van der Waals surface area contributed by atoms with E-state index < -0.39 is 0 Å². The lowest BCUT2D eigenvalue weighted by atomic mass is 9.97. The summed E-state index contributed by atoms with van der Waals surface area (Å²) in [6.07, 6.45) is 3.57. The van der Waals surface area contributed by atoms with Crippen molar-refractivity contribution in [2.24, 2.45) is 7.05 Å². The van der Waals surface area contributed by atoms with Gasteiger partial charge >= 0.3 is 5.69 Å². The van der Waals surface area contributed by atoms with E-state index >= 15 is 0 Å². The van der Waals surface area contributed by atoms with Crippen molar-refractivity contribution in [3.63, 3.8) is 0 Å². The Morgan fingerprint density at radius 2 is 2.11 bits per heavy atom. The molecule has 3 heterocycles. The van der Waals surface area contributed by atoms with Gasteiger partial charge in [-0.25, -0.2) is 14.5 Å². The SMILES string of the molecule is CCn1c(C2CCCN(C(=O)Cn3cnc4ccccc43)C2)nn(C)c1=O. The molecule has 1 unspecified atom stereocenters. The van der Waals surface area contributed by atoms with Crippen LogP contribution in [0.1, 0.15) is 31.5 Å². The average Bonchev–Trinajstić information content (AvgIpc) is 3.23. The lowest BCUT2D eigenvalue weighted by Gasteiger charge is -2.32.